The summed E-state index contributed by atoms with van der Waals surface area (Å²) in [6.07, 6.45) is 0.583. The van der Waals surface area contributed by atoms with Crippen molar-refractivity contribution in [3.05, 3.63) is 29.3 Å². The van der Waals surface area contributed by atoms with Crippen LogP contribution < -0.4 is 15.4 Å². The van der Waals surface area contributed by atoms with Gasteiger partial charge in [-0.15, -0.1) is 0 Å². The number of rotatable bonds is 7. The van der Waals surface area contributed by atoms with Gasteiger partial charge >= 0.3 is 12.0 Å². The molecule has 0 aliphatic rings. The zero-order valence-electron chi connectivity index (χ0n) is 11.1. The number of aliphatic carboxylic acids is 1. The molecule has 0 radical (unpaired) electrons. The lowest BCUT2D eigenvalue weighted by atomic mass is 10.3. The molecule has 7 heteroatoms. The van der Waals surface area contributed by atoms with Gasteiger partial charge in [-0.2, -0.15) is 0 Å². The highest BCUT2D eigenvalue weighted by Gasteiger charge is 2.12. The van der Waals surface area contributed by atoms with Crippen molar-refractivity contribution >= 4 is 23.6 Å². The summed E-state index contributed by atoms with van der Waals surface area (Å²) < 4.78 is 5.44. The van der Waals surface area contributed by atoms with Crippen molar-refractivity contribution in [1.82, 2.24) is 10.6 Å². The van der Waals surface area contributed by atoms with E-state index in [2.05, 4.69) is 10.6 Å². The van der Waals surface area contributed by atoms with Gasteiger partial charge in [-0.1, -0.05) is 23.7 Å². The average Bonchev–Trinajstić information content (AvgIpc) is 2.40. The third kappa shape index (κ3) is 5.79. The van der Waals surface area contributed by atoms with Gasteiger partial charge < -0.3 is 20.5 Å². The lowest BCUT2D eigenvalue weighted by Gasteiger charge is -2.11. The number of carbonyl (C=O) groups is 2. The molecule has 1 aromatic rings. The quantitative estimate of drug-likeness (QED) is 0.671. The lowest BCUT2D eigenvalue weighted by Crippen LogP contribution is -2.44. The fourth-order valence-electron chi connectivity index (χ4n) is 1.33. The van der Waals surface area contributed by atoms with E-state index in [9.17, 15) is 9.59 Å². The summed E-state index contributed by atoms with van der Waals surface area (Å²) in [6, 6.07) is 5.68. The summed E-state index contributed by atoms with van der Waals surface area (Å²) in [7, 11) is 0. The summed E-state index contributed by atoms with van der Waals surface area (Å²) in [5.41, 5.74) is 0. The van der Waals surface area contributed by atoms with Crippen LogP contribution in [0.4, 0.5) is 4.79 Å². The Labute approximate surface area is 122 Å². The van der Waals surface area contributed by atoms with Crippen LogP contribution in [0.3, 0.4) is 0 Å². The van der Waals surface area contributed by atoms with Crippen molar-refractivity contribution < 1.29 is 19.4 Å². The lowest BCUT2D eigenvalue weighted by molar-refractivity contribution is -0.138. The van der Waals surface area contributed by atoms with E-state index in [4.69, 9.17) is 21.4 Å². The summed E-state index contributed by atoms with van der Waals surface area (Å²) in [6.45, 7) is 2.17. The molecule has 0 fully saturated rings. The second-order valence-electron chi connectivity index (χ2n) is 4.09. The highest BCUT2D eigenvalue weighted by Crippen LogP contribution is 2.22. The molecule has 0 aliphatic heterocycles. The fourth-order valence-corrected chi connectivity index (χ4v) is 1.52. The Morgan fingerprint density at radius 3 is 2.75 bits per heavy atom. The number of carboxylic acids is 1. The topological polar surface area (TPSA) is 87.7 Å². The molecule has 6 nitrogen and oxygen atoms in total. The van der Waals surface area contributed by atoms with Gasteiger partial charge in [0, 0.05) is 6.54 Å². The zero-order chi connectivity index (χ0) is 15.0. The molecule has 0 saturated heterocycles. The Balaban J connectivity index is 2.15. The number of carbonyl (C=O) groups excluding carboxylic acids is 1. The molecule has 1 unspecified atom stereocenters. The first-order valence-corrected chi connectivity index (χ1v) is 6.53. The Hall–Kier alpha value is -1.95. The smallest absolute Gasteiger partial charge is 0.325 e. The van der Waals surface area contributed by atoms with Crippen LogP contribution in [-0.4, -0.2) is 36.3 Å². The standard InChI is InChI=1S/C13H17ClN2O4/c1-9(12(17)18)16-13(19)15-7-4-8-20-11-6-3-2-5-10(11)14/h2-3,5-6,9H,4,7-8H2,1H3,(H,17,18)(H2,15,16,19). The van der Waals surface area contributed by atoms with E-state index < -0.39 is 18.0 Å². The molecule has 1 aromatic carbocycles. The van der Waals surface area contributed by atoms with Gasteiger partial charge in [0.2, 0.25) is 0 Å². The first-order chi connectivity index (χ1) is 9.50. The van der Waals surface area contributed by atoms with Crippen LogP contribution in [0.1, 0.15) is 13.3 Å². The number of carboxylic acid groups (broad SMARTS) is 1. The van der Waals surface area contributed by atoms with Crippen LogP contribution in [0.15, 0.2) is 24.3 Å². The first-order valence-electron chi connectivity index (χ1n) is 6.15. The number of nitrogens with one attached hydrogen (secondary N) is 2. The van der Waals surface area contributed by atoms with Crippen LogP contribution in [0.5, 0.6) is 5.75 Å². The van der Waals surface area contributed by atoms with Gasteiger partial charge in [-0.05, 0) is 25.5 Å². The van der Waals surface area contributed by atoms with E-state index >= 15 is 0 Å². The van der Waals surface area contributed by atoms with Crippen LogP contribution in [-0.2, 0) is 4.79 Å². The minimum atomic E-state index is -1.08. The highest BCUT2D eigenvalue weighted by molar-refractivity contribution is 6.32. The van der Waals surface area contributed by atoms with E-state index in [0.29, 0.717) is 30.3 Å². The minimum Gasteiger partial charge on any atom is -0.492 e. The van der Waals surface area contributed by atoms with Gasteiger partial charge in [0.05, 0.1) is 11.6 Å². The molecule has 3 N–H and O–H groups in total. The number of ether oxygens (including phenoxy) is 1. The van der Waals surface area contributed by atoms with E-state index in [1.165, 1.54) is 6.92 Å². The number of urea groups is 1. The SMILES string of the molecule is CC(NC(=O)NCCCOc1ccccc1Cl)C(=O)O. The van der Waals surface area contributed by atoms with E-state index in [-0.39, 0.29) is 0 Å². The highest BCUT2D eigenvalue weighted by atomic mass is 35.5. The molecule has 0 spiro atoms. The Bertz CT molecular complexity index is 467. The Morgan fingerprint density at radius 1 is 1.40 bits per heavy atom. The summed E-state index contributed by atoms with van der Waals surface area (Å²) in [5, 5.41) is 14.0. The van der Waals surface area contributed by atoms with Gasteiger partial charge in [0.25, 0.3) is 0 Å². The molecule has 2 amide bonds. The minimum absolute atomic E-state index is 0.378. The first kappa shape index (κ1) is 16.1. The van der Waals surface area contributed by atoms with E-state index in [0.717, 1.165) is 0 Å². The monoisotopic (exact) mass is 300 g/mol. The predicted molar refractivity (Wildman–Crippen MR) is 75.2 cm³/mol. The second-order valence-corrected chi connectivity index (χ2v) is 4.50. The Morgan fingerprint density at radius 2 is 2.10 bits per heavy atom. The maximum absolute atomic E-state index is 11.3. The number of para-hydroxylation sites is 1. The van der Waals surface area contributed by atoms with Crippen molar-refractivity contribution in [2.75, 3.05) is 13.2 Å². The molecule has 110 valence electrons. The molecule has 0 saturated carbocycles. The van der Waals surface area contributed by atoms with Gasteiger partial charge in [0.1, 0.15) is 11.8 Å². The van der Waals surface area contributed by atoms with Crippen molar-refractivity contribution in [2.45, 2.75) is 19.4 Å². The van der Waals surface area contributed by atoms with Gasteiger partial charge in [-0.25, -0.2) is 4.79 Å². The largest absolute Gasteiger partial charge is 0.492 e. The predicted octanol–water partition coefficient (Wildman–Crippen LogP) is 1.88. The van der Waals surface area contributed by atoms with Gasteiger partial charge in [-0.3, -0.25) is 4.79 Å². The van der Waals surface area contributed by atoms with Crippen LogP contribution in [0, 0.1) is 0 Å². The maximum Gasteiger partial charge on any atom is 0.325 e. The number of hydrogen-bond donors (Lipinski definition) is 3. The summed E-state index contributed by atoms with van der Waals surface area (Å²) in [4.78, 5) is 21.8. The van der Waals surface area contributed by atoms with Crippen molar-refractivity contribution in [2.24, 2.45) is 0 Å². The molecule has 1 rings (SSSR count). The second kappa shape index (κ2) is 8.27. The maximum atomic E-state index is 11.3. The van der Waals surface area contributed by atoms with E-state index in [1.807, 2.05) is 12.1 Å². The van der Waals surface area contributed by atoms with Crippen LogP contribution >= 0.6 is 11.6 Å². The van der Waals surface area contributed by atoms with Crippen LogP contribution in [0.2, 0.25) is 5.02 Å². The normalized spacial score (nSPS) is 11.5. The average molecular weight is 301 g/mol. The molecule has 0 aromatic heterocycles. The van der Waals surface area contributed by atoms with Crippen molar-refractivity contribution in [3.8, 4) is 5.75 Å². The number of halogens is 1. The molecule has 1 atom stereocenters. The molecular formula is C13H17ClN2O4. The van der Waals surface area contributed by atoms with Gasteiger partial charge in [0.15, 0.2) is 0 Å². The zero-order valence-corrected chi connectivity index (χ0v) is 11.8. The number of hydrogen-bond acceptors (Lipinski definition) is 3. The summed E-state index contributed by atoms with van der Waals surface area (Å²) in [5.74, 6) is -0.486. The van der Waals surface area contributed by atoms with Crippen molar-refractivity contribution in [3.63, 3.8) is 0 Å². The number of amides is 2. The van der Waals surface area contributed by atoms with E-state index in [1.54, 1.807) is 12.1 Å². The molecular weight excluding hydrogens is 284 g/mol. The van der Waals surface area contributed by atoms with Crippen LogP contribution in [0.25, 0.3) is 0 Å². The fraction of sp³-hybridized carbons (Fsp3) is 0.385. The molecule has 0 heterocycles. The Kier molecular flexibility index (Phi) is 6.66. The van der Waals surface area contributed by atoms with Crippen molar-refractivity contribution in [1.29, 1.82) is 0 Å². The number of benzene rings is 1. The molecule has 0 aliphatic carbocycles. The summed E-state index contributed by atoms with van der Waals surface area (Å²) >= 11 is 5.91. The molecule has 0 bridgehead atoms. The third-order valence-electron chi connectivity index (χ3n) is 2.42. The third-order valence-corrected chi connectivity index (χ3v) is 2.73. The molecule has 20 heavy (non-hydrogen) atoms.